The van der Waals surface area contributed by atoms with Crippen molar-refractivity contribution in [1.29, 1.82) is 0 Å². The fourth-order valence-electron chi connectivity index (χ4n) is 1.96. The van der Waals surface area contributed by atoms with Crippen LogP contribution in [0.2, 0.25) is 0 Å². The third-order valence-electron chi connectivity index (χ3n) is 3.34. The second-order valence-corrected chi connectivity index (χ2v) is 7.51. The zero-order valence-electron chi connectivity index (χ0n) is 12.5. The Morgan fingerprint density at radius 1 is 1.05 bits per heavy atom. The SMILES string of the molecule is CCC(C)NC(=O)C([Se]c1ccccc1)c1ccccc1. The van der Waals surface area contributed by atoms with Gasteiger partial charge in [-0.2, -0.15) is 0 Å². The molecule has 1 amide bonds. The molecular formula is C18H21NOSe. The molecule has 2 atom stereocenters. The molecule has 0 spiro atoms. The molecule has 0 heterocycles. The van der Waals surface area contributed by atoms with Gasteiger partial charge in [0, 0.05) is 0 Å². The van der Waals surface area contributed by atoms with E-state index < -0.39 is 0 Å². The normalized spacial score (nSPS) is 13.4. The van der Waals surface area contributed by atoms with E-state index in [0.717, 1.165) is 12.0 Å². The minimum atomic E-state index is -0.0740. The van der Waals surface area contributed by atoms with E-state index >= 15 is 0 Å². The van der Waals surface area contributed by atoms with Crippen LogP contribution in [0, 0.1) is 0 Å². The number of hydrogen-bond acceptors (Lipinski definition) is 1. The molecule has 0 fully saturated rings. The average Bonchev–Trinajstić information content (AvgIpc) is 2.54. The summed E-state index contributed by atoms with van der Waals surface area (Å²) in [5.41, 5.74) is 1.10. The Bertz CT molecular complexity index is 556. The molecule has 0 radical (unpaired) electrons. The quantitative estimate of drug-likeness (QED) is 0.801. The Morgan fingerprint density at radius 2 is 1.62 bits per heavy atom. The summed E-state index contributed by atoms with van der Waals surface area (Å²) in [6, 6.07) is 20.6. The van der Waals surface area contributed by atoms with Crippen molar-refractivity contribution in [3.05, 3.63) is 66.2 Å². The summed E-state index contributed by atoms with van der Waals surface area (Å²) >= 11 is 0.0835. The molecule has 2 rings (SSSR count). The first-order chi connectivity index (χ1) is 10.2. The van der Waals surface area contributed by atoms with Crippen molar-refractivity contribution in [2.75, 3.05) is 0 Å². The van der Waals surface area contributed by atoms with Crippen LogP contribution >= 0.6 is 0 Å². The molecule has 1 N–H and O–H groups in total. The van der Waals surface area contributed by atoms with Gasteiger partial charge in [-0.1, -0.05) is 0 Å². The first-order valence-corrected chi connectivity index (χ1v) is 9.12. The summed E-state index contributed by atoms with van der Waals surface area (Å²) in [4.78, 5) is 12.5. The van der Waals surface area contributed by atoms with E-state index in [1.165, 1.54) is 4.46 Å². The zero-order valence-corrected chi connectivity index (χ0v) is 14.2. The summed E-state index contributed by atoms with van der Waals surface area (Å²) in [6.45, 7) is 4.14. The molecule has 2 nitrogen and oxygen atoms in total. The van der Waals surface area contributed by atoms with E-state index in [1.807, 2.05) is 48.5 Å². The summed E-state index contributed by atoms with van der Waals surface area (Å²) in [6.07, 6.45) is 0.950. The van der Waals surface area contributed by atoms with Gasteiger partial charge < -0.3 is 0 Å². The first-order valence-electron chi connectivity index (χ1n) is 7.27. The number of amides is 1. The van der Waals surface area contributed by atoms with Crippen LogP contribution in [0.1, 0.15) is 30.6 Å². The van der Waals surface area contributed by atoms with Crippen LogP contribution in [0.4, 0.5) is 0 Å². The third-order valence-corrected chi connectivity index (χ3v) is 6.00. The van der Waals surface area contributed by atoms with Gasteiger partial charge in [0.15, 0.2) is 0 Å². The number of hydrogen-bond donors (Lipinski definition) is 1. The van der Waals surface area contributed by atoms with Gasteiger partial charge in [0.1, 0.15) is 0 Å². The van der Waals surface area contributed by atoms with Gasteiger partial charge in [-0.3, -0.25) is 0 Å². The van der Waals surface area contributed by atoms with Crippen molar-refractivity contribution in [3.63, 3.8) is 0 Å². The van der Waals surface area contributed by atoms with Gasteiger partial charge in [0.25, 0.3) is 0 Å². The number of nitrogens with one attached hydrogen (secondary N) is 1. The van der Waals surface area contributed by atoms with Crippen LogP contribution in [0.5, 0.6) is 0 Å². The van der Waals surface area contributed by atoms with E-state index in [9.17, 15) is 4.79 Å². The Kier molecular flexibility index (Phi) is 6.03. The Hall–Kier alpha value is -1.57. The summed E-state index contributed by atoms with van der Waals surface area (Å²) in [5, 5.41) is 3.13. The molecule has 21 heavy (non-hydrogen) atoms. The number of benzene rings is 2. The van der Waals surface area contributed by atoms with Gasteiger partial charge in [-0.05, 0) is 0 Å². The van der Waals surface area contributed by atoms with E-state index in [2.05, 4.69) is 31.3 Å². The molecule has 3 heteroatoms. The number of rotatable bonds is 6. The van der Waals surface area contributed by atoms with E-state index in [4.69, 9.17) is 0 Å². The van der Waals surface area contributed by atoms with Crippen LogP contribution in [-0.4, -0.2) is 26.9 Å². The van der Waals surface area contributed by atoms with Crippen molar-refractivity contribution in [3.8, 4) is 0 Å². The molecule has 110 valence electrons. The number of carbonyl (C=O) groups excluding carboxylic acids is 1. The van der Waals surface area contributed by atoms with Gasteiger partial charge in [0.2, 0.25) is 0 Å². The molecule has 0 bridgehead atoms. The fraction of sp³-hybridized carbons (Fsp3) is 0.278. The van der Waals surface area contributed by atoms with E-state index in [0.29, 0.717) is 0 Å². The predicted molar refractivity (Wildman–Crippen MR) is 88.9 cm³/mol. The Morgan fingerprint density at radius 3 is 2.19 bits per heavy atom. The molecule has 0 aliphatic heterocycles. The van der Waals surface area contributed by atoms with Crippen LogP contribution in [-0.2, 0) is 4.79 Å². The van der Waals surface area contributed by atoms with Gasteiger partial charge in [-0.15, -0.1) is 0 Å². The summed E-state index contributed by atoms with van der Waals surface area (Å²) in [5.74, 6) is 0.138. The number of carbonyl (C=O) groups is 1. The molecule has 0 aliphatic rings. The molecule has 0 saturated carbocycles. The maximum atomic E-state index is 12.6. The van der Waals surface area contributed by atoms with Gasteiger partial charge in [0.05, 0.1) is 0 Å². The van der Waals surface area contributed by atoms with E-state index in [-0.39, 0.29) is 31.7 Å². The van der Waals surface area contributed by atoms with Crippen molar-refractivity contribution < 1.29 is 4.79 Å². The monoisotopic (exact) mass is 347 g/mol. The van der Waals surface area contributed by atoms with Crippen molar-refractivity contribution >= 4 is 25.3 Å². The first kappa shape index (κ1) is 15.8. The van der Waals surface area contributed by atoms with E-state index in [1.54, 1.807) is 0 Å². The standard InChI is InChI=1S/C18H21NOSe/c1-3-14(2)19-18(20)17(15-10-6-4-7-11-15)21-16-12-8-5-9-13-16/h4-14,17H,3H2,1-2H3,(H,19,20). The second kappa shape index (κ2) is 8.02. The van der Waals surface area contributed by atoms with Crippen molar-refractivity contribution in [2.45, 2.75) is 31.1 Å². The van der Waals surface area contributed by atoms with Crippen LogP contribution in [0.25, 0.3) is 0 Å². The van der Waals surface area contributed by atoms with Crippen molar-refractivity contribution in [2.24, 2.45) is 0 Å². The molecule has 0 aliphatic carbocycles. The average molecular weight is 346 g/mol. The molecule has 2 unspecified atom stereocenters. The molecule has 0 saturated heterocycles. The van der Waals surface area contributed by atoms with Crippen LogP contribution in [0.15, 0.2) is 60.7 Å². The Labute approximate surface area is 133 Å². The summed E-state index contributed by atoms with van der Waals surface area (Å²) in [7, 11) is 0. The Balaban J connectivity index is 2.20. The van der Waals surface area contributed by atoms with Gasteiger partial charge in [-0.25, -0.2) is 0 Å². The maximum absolute atomic E-state index is 12.6. The van der Waals surface area contributed by atoms with Crippen LogP contribution < -0.4 is 9.78 Å². The third kappa shape index (κ3) is 4.73. The topological polar surface area (TPSA) is 29.1 Å². The van der Waals surface area contributed by atoms with Crippen molar-refractivity contribution in [1.82, 2.24) is 5.32 Å². The van der Waals surface area contributed by atoms with Gasteiger partial charge >= 0.3 is 133 Å². The summed E-state index contributed by atoms with van der Waals surface area (Å²) < 4.78 is 1.25. The minimum absolute atomic E-state index is 0.0740. The molecule has 0 aromatic heterocycles. The second-order valence-electron chi connectivity index (χ2n) is 5.04. The fourth-order valence-corrected chi connectivity index (χ4v) is 4.17. The van der Waals surface area contributed by atoms with Crippen LogP contribution in [0.3, 0.4) is 0 Å². The predicted octanol–water partition coefficient (Wildman–Crippen LogP) is 2.67. The zero-order chi connectivity index (χ0) is 15.1. The molecule has 2 aromatic carbocycles. The molecular weight excluding hydrogens is 325 g/mol. The molecule has 2 aromatic rings.